The van der Waals surface area contributed by atoms with Crippen LogP contribution >= 0.6 is 0 Å². The molecule has 0 saturated carbocycles. The van der Waals surface area contributed by atoms with Gasteiger partial charge < -0.3 is 0 Å². The lowest BCUT2D eigenvalue weighted by Gasteiger charge is -2.41. The molecule has 3 aromatic rings. The Morgan fingerprint density at radius 1 is 0.500 bits per heavy atom. The molecule has 0 nitrogen and oxygen atoms in total. The maximum absolute atomic E-state index is 2.59. The molecule has 187 valence electrons. The van der Waals surface area contributed by atoms with Crippen molar-refractivity contribution in [2.45, 2.75) is 73.1 Å². The minimum absolute atomic E-state index is 0.469. The number of allylic oxidation sites excluding steroid dienone is 4. The topological polar surface area (TPSA) is 0 Å². The van der Waals surface area contributed by atoms with E-state index in [1.165, 1.54) is 37.8 Å². The van der Waals surface area contributed by atoms with Gasteiger partial charge in [-0.3, -0.25) is 0 Å². The van der Waals surface area contributed by atoms with E-state index < -0.39 is 8.07 Å². The number of hydrogen-bond donors (Lipinski definition) is 0. The number of rotatable bonds is 8. The Hall–Kier alpha value is -2.64. The first-order valence-corrected chi connectivity index (χ1v) is 15.7. The van der Waals surface area contributed by atoms with E-state index in [0.717, 1.165) is 0 Å². The monoisotopic (exact) mass is 491 g/mol. The van der Waals surface area contributed by atoms with Gasteiger partial charge in [-0.1, -0.05) is 152 Å². The van der Waals surface area contributed by atoms with E-state index in [-0.39, 0.29) is 0 Å². The first-order valence-electron chi connectivity index (χ1n) is 13.7. The Morgan fingerprint density at radius 3 is 1.22 bits per heavy atom. The van der Waals surface area contributed by atoms with Gasteiger partial charge in [0.25, 0.3) is 0 Å². The van der Waals surface area contributed by atoms with Crippen molar-refractivity contribution in [1.82, 2.24) is 0 Å². The normalized spacial score (nSPS) is 14.5. The van der Waals surface area contributed by atoms with Gasteiger partial charge in [0.1, 0.15) is 0 Å². The summed E-state index contributed by atoms with van der Waals surface area (Å²) in [6, 6.07) is 28.6. The molecule has 1 radical (unpaired) electrons. The third-order valence-corrected chi connectivity index (χ3v) is 12.6. The van der Waals surface area contributed by atoms with Crippen molar-refractivity contribution in [1.29, 1.82) is 0 Å². The summed E-state index contributed by atoms with van der Waals surface area (Å²) in [7, 11) is -2.59. The van der Waals surface area contributed by atoms with Crippen LogP contribution in [0.15, 0.2) is 96.6 Å². The van der Waals surface area contributed by atoms with Gasteiger partial charge in [-0.05, 0) is 55.9 Å². The van der Waals surface area contributed by atoms with Gasteiger partial charge >= 0.3 is 0 Å². The summed E-state index contributed by atoms with van der Waals surface area (Å²) >= 11 is 0. The Morgan fingerprint density at radius 2 is 0.889 bits per heavy atom. The smallest absolute Gasteiger partial charge is 0.0750 e. The lowest BCUT2D eigenvalue weighted by atomic mass is 10.0. The highest BCUT2D eigenvalue weighted by molar-refractivity contribution is 7.16. The second-order valence-electron chi connectivity index (χ2n) is 11.6. The van der Waals surface area contributed by atoms with Crippen LogP contribution in [-0.2, 0) is 0 Å². The lowest BCUT2D eigenvalue weighted by molar-refractivity contribution is 0.777. The van der Waals surface area contributed by atoms with Crippen LogP contribution < -0.4 is 15.6 Å². The molecule has 0 saturated heterocycles. The van der Waals surface area contributed by atoms with E-state index in [1.807, 2.05) is 0 Å². The molecular weight excluding hydrogens is 448 g/mol. The summed E-state index contributed by atoms with van der Waals surface area (Å²) in [6.45, 7) is 18.5. The average molecular weight is 492 g/mol. The minimum atomic E-state index is -2.59. The third kappa shape index (κ3) is 4.83. The fraction of sp³-hybridized carbons (Fsp3) is 0.343. The summed E-state index contributed by atoms with van der Waals surface area (Å²) < 4.78 is 0. The van der Waals surface area contributed by atoms with Crippen molar-refractivity contribution in [3.63, 3.8) is 0 Å². The molecule has 1 aliphatic carbocycles. The fourth-order valence-electron chi connectivity index (χ4n) is 5.64. The summed E-state index contributed by atoms with van der Waals surface area (Å²) in [6.07, 6.45) is 7.09. The van der Waals surface area contributed by atoms with Crippen molar-refractivity contribution in [2.24, 2.45) is 5.92 Å². The van der Waals surface area contributed by atoms with E-state index in [2.05, 4.69) is 146 Å². The zero-order valence-electron chi connectivity index (χ0n) is 23.5. The predicted molar refractivity (Wildman–Crippen MR) is 162 cm³/mol. The molecule has 36 heavy (non-hydrogen) atoms. The molecule has 1 heteroatoms. The molecule has 0 atom stereocenters. The van der Waals surface area contributed by atoms with Crippen LogP contribution in [0.4, 0.5) is 0 Å². The van der Waals surface area contributed by atoms with Crippen LogP contribution in [0.5, 0.6) is 0 Å². The largest absolute Gasteiger partial charge is 0.163 e. The Bertz CT molecular complexity index is 1130. The summed E-state index contributed by atoms with van der Waals surface area (Å²) in [4.78, 5) is 0. The van der Waals surface area contributed by atoms with E-state index in [4.69, 9.17) is 0 Å². The zero-order valence-corrected chi connectivity index (χ0v) is 24.5. The predicted octanol–water partition coefficient (Wildman–Crippen LogP) is 7.79. The summed E-state index contributed by atoms with van der Waals surface area (Å²) in [5, 5.41) is 4.47. The van der Waals surface area contributed by atoms with Crippen LogP contribution in [0.3, 0.4) is 0 Å². The molecule has 0 unspecified atom stereocenters. The minimum Gasteiger partial charge on any atom is -0.0750 e. The van der Waals surface area contributed by atoms with Crippen LogP contribution in [0.2, 0.25) is 0 Å². The van der Waals surface area contributed by atoms with E-state index in [0.29, 0.717) is 23.7 Å². The maximum Gasteiger partial charge on any atom is 0.163 e. The van der Waals surface area contributed by atoms with Gasteiger partial charge in [0.2, 0.25) is 0 Å². The van der Waals surface area contributed by atoms with E-state index >= 15 is 0 Å². The second-order valence-corrected chi connectivity index (χ2v) is 15.4. The zero-order chi connectivity index (χ0) is 26.0. The van der Waals surface area contributed by atoms with Gasteiger partial charge in [0.15, 0.2) is 8.07 Å². The molecule has 0 amide bonds. The maximum atomic E-state index is 2.53. The molecule has 0 fully saturated rings. The molecular formula is C35H43Si. The average Bonchev–Trinajstić information content (AvgIpc) is 3.36. The fourth-order valence-corrected chi connectivity index (χ4v) is 10.9. The third-order valence-electron chi connectivity index (χ3n) is 7.83. The van der Waals surface area contributed by atoms with Crippen LogP contribution in [0, 0.1) is 11.5 Å². The Balaban J connectivity index is 2.16. The van der Waals surface area contributed by atoms with Crippen molar-refractivity contribution < 1.29 is 0 Å². The van der Waals surface area contributed by atoms with Gasteiger partial charge in [0.05, 0.1) is 0 Å². The molecule has 0 spiro atoms. The van der Waals surface area contributed by atoms with Gasteiger partial charge in [-0.2, -0.15) is 0 Å². The molecule has 0 heterocycles. The Labute approximate surface area is 221 Å². The number of hydrogen-bond acceptors (Lipinski definition) is 0. The summed E-state index contributed by atoms with van der Waals surface area (Å²) in [5.41, 5.74) is 7.29. The highest BCUT2D eigenvalue weighted by Gasteiger charge is 2.49. The quantitative estimate of drug-likeness (QED) is 0.223. The van der Waals surface area contributed by atoms with Crippen LogP contribution in [0.25, 0.3) is 0 Å². The van der Waals surface area contributed by atoms with Gasteiger partial charge in [0, 0.05) is 5.54 Å². The van der Waals surface area contributed by atoms with Crippen molar-refractivity contribution in [2.75, 3.05) is 0 Å². The van der Waals surface area contributed by atoms with Crippen molar-refractivity contribution in [3.8, 4) is 0 Å². The van der Waals surface area contributed by atoms with E-state index in [1.54, 1.807) is 5.54 Å². The highest BCUT2D eigenvalue weighted by atomic mass is 28.3. The molecule has 0 bridgehead atoms. The molecule has 1 aliphatic rings. The van der Waals surface area contributed by atoms with Crippen molar-refractivity contribution >= 4 is 23.6 Å². The van der Waals surface area contributed by atoms with Gasteiger partial charge in [-0.25, -0.2) is 0 Å². The molecule has 3 aromatic carbocycles. The molecule has 0 aromatic heterocycles. The first kappa shape index (κ1) is 26.4. The van der Waals surface area contributed by atoms with E-state index in [9.17, 15) is 0 Å². The van der Waals surface area contributed by atoms with Crippen molar-refractivity contribution in [3.05, 3.63) is 119 Å². The SMILES string of the molecule is CC(C)C1=CC=C[C]1[Si](c1cccc(C(C)C)c1)(c1cccc(C(C)C)c1)c1cccc(C(C)C)c1. The molecule has 0 aliphatic heterocycles. The lowest BCUT2D eigenvalue weighted by Crippen LogP contribution is -2.71. The van der Waals surface area contributed by atoms with Crippen LogP contribution in [-0.4, -0.2) is 8.07 Å². The second kappa shape index (κ2) is 10.8. The van der Waals surface area contributed by atoms with Crippen LogP contribution in [0.1, 0.15) is 89.8 Å². The Kier molecular flexibility index (Phi) is 7.90. The molecule has 4 rings (SSSR count). The first-order chi connectivity index (χ1) is 17.2. The van der Waals surface area contributed by atoms with Gasteiger partial charge in [-0.15, -0.1) is 0 Å². The summed E-state index contributed by atoms with van der Waals surface area (Å²) in [5.74, 6) is 1.94. The molecule has 0 N–H and O–H groups in total. The number of benzene rings is 3. The highest BCUT2D eigenvalue weighted by Crippen LogP contribution is 2.36. The standard InChI is InChI=1S/C35H43Si/c1-24(2)28-13-9-16-31(21-28)36(35-20-12-19-34(35)27(7)8,32-17-10-14-29(22-32)25(3)4)33-18-11-15-30(23-33)26(5)6/h9-27H,1-8H3.